The van der Waals surface area contributed by atoms with Gasteiger partial charge in [0.2, 0.25) is 0 Å². The third-order valence-electron chi connectivity index (χ3n) is 3.12. The van der Waals surface area contributed by atoms with Gasteiger partial charge in [-0.1, -0.05) is 13.8 Å². The van der Waals surface area contributed by atoms with Crippen LogP contribution in [0.1, 0.15) is 34.1 Å². The highest BCUT2D eigenvalue weighted by Crippen LogP contribution is 2.35. The molecule has 0 aliphatic heterocycles. The van der Waals surface area contributed by atoms with Crippen molar-refractivity contribution in [1.82, 2.24) is 0 Å². The fraction of sp³-hybridized carbons (Fsp3) is 0.462. The van der Waals surface area contributed by atoms with Gasteiger partial charge in [-0.25, -0.2) is 0 Å². The lowest BCUT2D eigenvalue weighted by atomic mass is 9.74. The highest BCUT2D eigenvalue weighted by atomic mass is 16.4. The van der Waals surface area contributed by atoms with E-state index in [9.17, 15) is 14.4 Å². The summed E-state index contributed by atoms with van der Waals surface area (Å²) in [4.78, 5) is 34.5. The van der Waals surface area contributed by atoms with Crippen LogP contribution in [-0.2, 0) is 14.4 Å². The third-order valence-corrected chi connectivity index (χ3v) is 3.12. The van der Waals surface area contributed by atoms with Gasteiger partial charge in [-0.2, -0.15) is 0 Å². The van der Waals surface area contributed by atoms with Crippen molar-refractivity contribution in [2.45, 2.75) is 34.1 Å². The molecule has 0 aromatic carbocycles. The van der Waals surface area contributed by atoms with Gasteiger partial charge in [0.15, 0.2) is 11.6 Å². The van der Waals surface area contributed by atoms with Crippen LogP contribution < -0.4 is 0 Å². The molecule has 0 fully saturated rings. The summed E-state index contributed by atoms with van der Waals surface area (Å²) in [5, 5.41) is 8.81. The third kappa shape index (κ3) is 2.52. The number of Topliss-reactive ketones (excluding diaryl/α,β-unsaturated/α-hetero) is 1. The van der Waals surface area contributed by atoms with E-state index in [1.54, 1.807) is 27.7 Å². The molecule has 0 bridgehead atoms. The van der Waals surface area contributed by atoms with Crippen molar-refractivity contribution in [2.24, 2.45) is 5.41 Å². The summed E-state index contributed by atoms with van der Waals surface area (Å²) < 4.78 is 0. The van der Waals surface area contributed by atoms with E-state index in [2.05, 4.69) is 0 Å². The van der Waals surface area contributed by atoms with Crippen LogP contribution in [0.4, 0.5) is 0 Å². The molecule has 1 rings (SSSR count). The summed E-state index contributed by atoms with van der Waals surface area (Å²) in [5.41, 5.74) is 0.296. The van der Waals surface area contributed by atoms with Crippen molar-refractivity contribution in [2.75, 3.05) is 0 Å². The van der Waals surface area contributed by atoms with Crippen LogP contribution in [0, 0.1) is 5.41 Å². The minimum Gasteiger partial charge on any atom is -0.481 e. The predicted octanol–water partition coefficient (Wildman–Crippen LogP) is 1.90. The predicted molar refractivity (Wildman–Crippen MR) is 62.5 cm³/mol. The number of rotatable bonds is 3. The fourth-order valence-electron chi connectivity index (χ4n) is 1.84. The summed E-state index contributed by atoms with van der Waals surface area (Å²) in [7, 11) is 0. The number of carbonyl (C=O) groups is 3. The normalized spacial score (nSPS) is 17.3. The second kappa shape index (κ2) is 4.28. The molecule has 0 aromatic heterocycles. The van der Waals surface area contributed by atoms with E-state index in [4.69, 9.17) is 5.11 Å². The standard InChI is InChI=1S/C13H16O4/c1-7-8(2)12(17)9(5-10(7)14)13(3,4)6-11(15)16/h5H,6H2,1-4H3,(H,15,16). The molecule has 4 nitrogen and oxygen atoms in total. The Kier molecular flexibility index (Phi) is 3.36. The average molecular weight is 236 g/mol. The molecule has 0 heterocycles. The smallest absolute Gasteiger partial charge is 0.304 e. The van der Waals surface area contributed by atoms with Gasteiger partial charge in [0, 0.05) is 22.1 Å². The zero-order valence-electron chi connectivity index (χ0n) is 10.5. The molecular weight excluding hydrogens is 220 g/mol. The molecule has 1 N–H and O–H groups in total. The lowest BCUT2D eigenvalue weighted by Gasteiger charge is -2.28. The molecule has 0 unspecified atom stereocenters. The number of aliphatic carboxylic acids is 1. The maximum Gasteiger partial charge on any atom is 0.304 e. The number of allylic oxidation sites excluding steroid dienone is 4. The average Bonchev–Trinajstić information content (AvgIpc) is 2.18. The lowest BCUT2D eigenvalue weighted by Crippen LogP contribution is -2.29. The van der Waals surface area contributed by atoms with Crippen LogP contribution in [0.15, 0.2) is 22.8 Å². The molecule has 0 atom stereocenters. The molecule has 0 saturated heterocycles. The van der Waals surface area contributed by atoms with E-state index in [-0.39, 0.29) is 23.6 Å². The fourth-order valence-corrected chi connectivity index (χ4v) is 1.84. The van der Waals surface area contributed by atoms with Crippen molar-refractivity contribution in [3.63, 3.8) is 0 Å². The topological polar surface area (TPSA) is 71.4 Å². The summed E-state index contributed by atoms with van der Waals surface area (Å²) in [6.07, 6.45) is 1.10. The zero-order valence-corrected chi connectivity index (χ0v) is 10.5. The number of carbonyl (C=O) groups excluding carboxylic acids is 2. The Morgan fingerprint density at radius 2 is 1.76 bits per heavy atom. The summed E-state index contributed by atoms with van der Waals surface area (Å²) >= 11 is 0. The SMILES string of the molecule is CC1=C(C)C(=O)C(C(C)(C)CC(=O)O)=CC1=O. The zero-order chi connectivity index (χ0) is 13.4. The monoisotopic (exact) mass is 236 g/mol. The van der Waals surface area contributed by atoms with Gasteiger partial charge >= 0.3 is 5.97 Å². The van der Waals surface area contributed by atoms with Crippen LogP contribution in [0.2, 0.25) is 0 Å². The van der Waals surface area contributed by atoms with E-state index in [0.717, 1.165) is 0 Å². The first-order valence-corrected chi connectivity index (χ1v) is 5.37. The molecule has 0 spiro atoms. The molecule has 1 aliphatic rings. The Morgan fingerprint density at radius 1 is 1.24 bits per heavy atom. The summed E-state index contributed by atoms with van der Waals surface area (Å²) in [5.74, 6) is -1.43. The Labute approximate surface area is 100 Å². The lowest BCUT2D eigenvalue weighted by molar-refractivity contribution is -0.138. The number of carboxylic acid groups (broad SMARTS) is 1. The van der Waals surface area contributed by atoms with Crippen LogP contribution in [-0.4, -0.2) is 22.6 Å². The Balaban J connectivity index is 3.17. The molecule has 17 heavy (non-hydrogen) atoms. The molecule has 92 valence electrons. The van der Waals surface area contributed by atoms with E-state index in [1.165, 1.54) is 6.08 Å². The van der Waals surface area contributed by atoms with Gasteiger partial charge in [-0.15, -0.1) is 0 Å². The minimum absolute atomic E-state index is 0.176. The van der Waals surface area contributed by atoms with E-state index >= 15 is 0 Å². The Morgan fingerprint density at radius 3 is 2.24 bits per heavy atom. The van der Waals surface area contributed by atoms with Crippen molar-refractivity contribution < 1.29 is 19.5 Å². The Bertz CT molecular complexity index is 464. The molecule has 4 heteroatoms. The van der Waals surface area contributed by atoms with Crippen molar-refractivity contribution in [1.29, 1.82) is 0 Å². The van der Waals surface area contributed by atoms with Crippen molar-refractivity contribution >= 4 is 17.5 Å². The van der Waals surface area contributed by atoms with Gasteiger partial charge in [0.25, 0.3) is 0 Å². The first-order chi connectivity index (χ1) is 7.66. The second-order valence-corrected chi connectivity index (χ2v) is 4.96. The molecule has 1 aliphatic carbocycles. The maximum absolute atomic E-state index is 12.0. The maximum atomic E-state index is 12.0. The molecular formula is C13H16O4. The van der Waals surface area contributed by atoms with E-state index in [0.29, 0.717) is 11.1 Å². The quantitative estimate of drug-likeness (QED) is 0.760. The van der Waals surface area contributed by atoms with Crippen LogP contribution in [0.25, 0.3) is 0 Å². The van der Waals surface area contributed by atoms with Gasteiger partial charge in [0.05, 0.1) is 6.42 Å². The van der Waals surface area contributed by atoms with Gasteiger partial charge in [-0.3, -0.25) is 14.4 Å². The van der Waals surface area contributed by atoms with E-state index in [1.807, 2.05) is 0 Å². The summed E-state index contributed by atoms with van der Waals surface area (Å²) in [6.45, 7) is 6.52. The molecule has 0 aromatic rings. The van der Waals surface area contributed by atoms with Crippen LogP contribution in [0.3, 0.4) is 0 Å². The number of carboxylic acids is 1. The van der Waals surface area contributed by atoms with Crippen molar-refractivity contribution in [3.05, 3.63) is 22.8 Å². The summed E-state index contributed by atoms with van der Waals surface area (Å²) in [6, 6.07) is 0. The van der Waals surface area contributed by atoms with Crippen LogP contribution >= 0.6 is 0 Å². The van der Waals surface area contributed by atoms with Gasteiger partial charge in [0.1, 0.15) is 0 Å². The molecule has 0 saturated carbocycles. The highest BCUT2D eigenvalue weighted by Gasteiger charge is 2.35. The second-order valence-electron chi connectivity index (χ2n) is 4.96. The largest absolute Gasteiger partial charge is 0.481 e. The van der Waals surface area contributed by atoms with Gasteiger partial charge in [-0.05, 0) is 19.9 Å². The first kappa shape index (κ1) is 13.4. The number of hydrogen-bond donors (Lipinski definition) is 1. The minimum atomic E-state index is -0.986. The molecule has 0 radical (unpaired) electrons. The Hall–Kier alpha value is -1.71. The number of hydrogen-bond acceptors (Lipinski definition) is 3. The van der Waals surface area contributed by atoms with Crippen molar-refractivity contribution in [3.8, 4) is 0 Å². The first-order valence-electron chi connectivity index (χ1n) is 5.37. The van der Waals surface area contributed by atoms with Crippen LogP contribution in [0.5, 0.6) is 0 Å². The number of ketones is 2. The highest BCUT2D eigenvalue weighted by molar-refractivity contribution is 6.22. The van der Waals surface area contributed by atoms with Gasteiger partial charge < -0.3 is 5.11 Å². The van der Waals surface area contributed by atoms with E-state index < -0.39 is 11.4 Å². The molecule has 0 amide bonds.